The lowest BCUT2D eigenvalue weighted by atomic mass is 10.1. The van der Waals surface area contributed by atoms with Crippen molar-refractivity contribution in [1.29, 1.82) is 0 Å². The van der Waals surface area contributed by atoms with Gasteiger partial charge in [-0.25, -0.2) is 4.79 Å². The van der Waals surface area contributed by atoms with Gasteiger partial charge in [0.15, 0.2) is 0 Å². The number of carbonyl (C=O) groups is 2. The highest BCUT2D eigenvalue weighted by molar-refractivity contribution is 7.99. The monoisotopic (exact) mass is 329 g/mol. The number of anilines is 1. The fraction of sp³-hybridized carbons (Fsp3) is 0.222. The lowest BCUT2D eigenvalue weighted by molar-refractivity contribution is -0.113. The van der Waals surface area contributed by atoms with Crippen molar-refractivity contribution >= 4 is 29.3 Å². The van der Waals surface area contributed by atoms with Crippen LogP contribution >= 0.6 is 11.8 Å². The number of nitrogens with one attached hydrogen (secondary N) is 1. The minimum Gasteiger partial charge on any atom is -0.465 e. The van der Waals surface area contributed by atoms with E-state index in [4.69, 9.17) is 4.74 Å². The Morgan fingerprint density at radius 2 is 1.83 bits per heavy atom. The van der Waals surface area contributed by atoms with Gasteiger partial charge in [0.05, 0.1) is 18.4 Å². The summed E-state index contributed by atoms with van der Waals surface area (Å²) in [5.41, 5.74) is 3.00. The molecule has 0 spiro atoms. The van der Waals surface area contributed by atoms with Gasteiger partial charge in [-0.3, -0.25) is 4.79 Å². The maximum absolute atomic E-state index is 12.1. The van der Waals surface area contributed by atoms with E-state index in [0.29, 0.717) is 22.6 Å². The summed E-state index contributed by atoms with van der Waals surface area (Å²) in [6.45, 7) is 1.79. The van der Waals surface area contributed by atoms with Crippen molar-refractivity contribution in [2.75, 3.05) is 18.2 Å². The topological polar surface area (TPSA) is 55.4 Å². The summed E-state index contributed by atoms with van der Waals surface area (Å²) in [5.74, 6) is 0.653. The van der Waals surface area contributed by atoms with Gasteiger partial charge in [-0.05, 0) is 30.2 Å². The zero-order valence-corrected chi connectivity index (χ0v) is 14.0. The molecular weight excluding hydrogens is 310 g/mol. The largest absolute Gasteiger partial charge is 0.465 e. The van der Waals surface area contributed by atoms with Crippen LogP contribution in [0, 0.1) is 6.92 Å². The third-order valence-electron chi connectivity index (χ3n) is 3.36. The first-order chi connectivity index (χ1) is 11.1. The van der Waals surface area contributed by atoms with Gasteiger partial charge in [-0.1, -0.05) is 36.4 Å². The highest BCUT2D eigenvalue weighted by Crippen LogP contribution is 2.20. The fourth-order valence-corrected chi connectivity index (χ4v) is 2.91. The lowest BCUT2D eigenvalue weighted by Crippen LogP contribution is -2.16. The third kappa shape index (κ3) is 4.86. The van der Waals surface area contributed by atoms with Crippen LogP contribution in [0.2, 0.25) is 0 Å². The molecule has 2 aromatic rings. The summed E-state index contributed by atoms with van der Waals surface area (Å²) in [6, 6.07) is 15.2. The van der Waals surface area contributed by atoms with Crippen molar-refractivity contribution in [2.45, 2.75) is 12.7 Å². The zero-order chi connectivity index (χ0) is 16.7. The van der Waals surface area contributed by atoms with E-state index >= 15 is 0 Å². The summed E-state index contributed by atoms with van der Waals surface area (Å²) in [7, 11) is 1.34. The summed E-state index contributed by atoms with van der Waals surface area (Å²) < 4.78 is 4.74. The van der Waals surface area contributed by atoms with E-state index < -0.39 is 5.97 Å². The van der Waals surface area contributed by atoms with Gasteiger partial charge in [0.25, 0.3) is 0 Å². The number of esters is 1. The first-order valence-electron chi connectivity index (χ1n) is 7.21. The first kappa shape index (κ1) is 17.1. The minimum atomic E-state index is -0.406. The molecule has 0 unspecified atom stereocenters. The zero-order valence-electron chi connectivity index (χ0n) is 13.2. The number of carbonyl (C=O) groups excluding carboxylic acids is 2. The Morgan fingerprint density at radius 1 is 1.09 bits per heavy atom. The number of hydrogen-bond donors (Lipinski definition) is 1. The molecule has 0 bridgehead atoms. The molecular formula is C18H19NO3S. The van der Waals surface area contributed by atoms with Crippen LogP contribution in [0.1, 0.15) is 21.5 Å². The maximum Gasteiger partial charge on any atom is 0.338 e. The Kier molecular flexibility index (Phi) is 6.23. The molecule has 1 amide bonds. The maximum atomic E-state index is 12.1. The van der Waals surface area contributed by atoms with Crippen molar-refractivity contribution in [1.82, 2.24) is 0 Å². The normalized spacial score (nSPS) is 10.2. The molecule has 0 aliphatic carbocycles. The first-order valence-corrected chi connectivity index (χ1v) is 8.36. The molecule has 1 N–H and O–H groups in total. The van der Waals surface area contributed by atoms with Gasteiger partial charge in [-0.15, -0.1) is 11.8 Å². The Labute approximate surface area is 140 Å². The van der Waals surface area contributed by atoms with Gasteiger partial charge < -0.3 is 10.1 Å². The number of amides is 1. The van der Waals surface area contributed by atoms with Gasteiger partial charge in [0.2, 0.25) is 5.91 Å². The summed E-state index contributed by atoms with van der Waals surface area (Å²) >= 11 is 1.55. The second-order valence-corrected chi connectivity index (χ2v) is 5.98. The number of methoxy groups -OCH3 is 1. The van der Waals surface area contributed by atoms with E-state index in [0.717, 1.165) is 5.75 Å². The molecule has 0 atom stereocenters. The minimum absolute atomic E-state index is 0.0870. The average molecular weight is 329 g/mol. The molecule has 0 aliphatic heterocycles. The van der Waals surface area contributed by atoms with Crippen molar-refractivity contribution in [3.63, 3.8) is 0 Å². The molecule has 0 saturated heterocycles. The van der Waals surface area contributed by atoms with E-state index in [1.165, 1.54) is 12.7 Å². The standard InChI is InChI=1S/C18H19NO3S/c1-13-15(18(21)22-2)9-6-10-16(13)19-17(20)12-23-11-14-7-4-3-5-8-14/h3-10H,11-12H2,1-2H3,(H,19,20). The molecule has 0 aliphatic rings. The van der Waals surface area contributed by atoms with Crippen LogP contribution in [0.4, 0.5) is 5.69 Å². The van der Waals surface area contributed by atoms with Crippen molar-refractivity contribution in [3.05, 3.63) is 65.2 Å². The predicted molar refractivity (Wildman–Crippen MR) is 93.8 cm³/mol. The number of thioether (sulfide) groups is 1. The molecule has 4 nitrogen and oxygen atoms in total. The highest BCUT2D eigenvalue weighted by Gasteiger charge is 2.13. The van der Waals surface area contributed by atoms with E-state index in [1.54, 1.807) is 36.9 Å². The van der Waals surface area contributed by atoms with Gasteiger partial charge >= 0.3 is 5.97 Å². The van der Waals surface area contributed by atoms with Crippen LogP contribution in [0.5, 0.6) is 0 Å². The molecule has 0 aromatic heterocycles. The highest BCUT2D eigenvalue weighted by atomic mass is 32.2. The van der Waals surface area contributed by atoms with Crippen LogP contribution in [0.15, 0.2) is 48.5 Å². The molecule has 5 heteroatoms. The number of benzene rings is 2. The fourth-order valence-electron chi connectivity index (χ4n) is 2.12. The quantitative estimate of drug-likeness (QED) is 0.822. The van der Waals surface area contributed by atoms with E-state index in [9.17, 15) is 9.59 Å². The van der Waals surface area contributed by atoms with E-state index in [1.807, 2.05) is 30.3 Å². The van der Waals surface area contributed by atoms with Crippen LogP contribution in [-0.2, 0) is 15.3 Å². The molecule has 2 rings (SSSR count). The second kappa shape index (κ2) is 8.39. The Bertz CT molecular complexity index is 686. The lowest BCUT2D eigenvalue weighted by Gasteiger charge is -2.11. The number of ether oxygens (including phenoxy) is 1. The van der Waals surface area contributed by atoms with Gasteiger partial charge in [0.1, 0.15) is 0 Å². The molecule has 120 valence electrons. The van der Waals surface area contributed by atoms with Crippen LogP contribution in [0.25, 0.3) is 0 Å². The average Bonchev–Trinajstić information content (AvgIpc) is 2.57. The molecule has 0 heterocycles. The van der Waals surface area contributed by atoms with Gasteiger partial charge in [0, 0.05) is 11.4 Å². The predicted octanol–water partition coefficient (Wildman–Crippen LogP) is 3.65. The van der Waals surface area contributed by atoms with E-state index in [-0.39, 0.29) is 5.91 Å². The second-order valence-electron chi connectivity index (χ2n) is 5.00. The SMILES string of the molecule is COC(=O)c1cccc(NC(=O)CSCc2ccccc2)c1C. The van der Waals surface area contributed by atoms with Crippen LogP contribution in [0.3, 0.4) is 0 Å². The number of rotatable bonds is 6. The molecule has 0 radical (unpaired) electrons. The van der Waals surface area contributed by atoms with E-state index in [2.05, 4.69) is 5.32 Å². The third-order valence-corrected chi connectivity index (χ3v) is 4.36. The smallest absolute Gasteiger partial charge is 0.338 e. The molecule has 2 aromatic carbocycles. The van der Waals surface area contributed by atoms with Crippen LogP contribution < -0.4 is 5.32 Å². The van der Waals surface area contributed by atoms with Crippen LogP contribution in [-0.4, -0.2) is 24.7 Å². The molecule has 0 saturated carbocycles. The summed E-state index contributed by atoms with van der Waals surface area (Å²) in [4.78, 5) is 23.7. The molecule has 23 heavy (non-hydrogen) atoms. The number of hydrogen-bond acceptors (Lipinski definition) is 4. The summed E-state index contributed by atoms with van der Waals surface area (Å²) in [5, 5.41) is 2.85. The molecule has 0 fully saturated rings. The van der Waals surface area contributed by atoms with Crippen molar-refractivity contribution in [2.24, 2.45) is 0 Å². The Hall–Kier alpha value is -2.27. The van der Waals surface area contributed by atoms with Gasteiger partial charge in [-0.2, -0.15) is 0 Å². The van der Waals surface area contributed by atoms with Crippen molar-refractivity contribution in [3.8, 4) is 0 Å². The summed E-state index contributed by atoms with van der Waals surface area (Å²) in [6.07, 6.45) is 0. The van der Waals surface area contributed by atoms with Crippen molar-refractivity contribution < 1.29 is 14.3 Å². The Morgan fingerprint density at radius 3 is 2.52 bits per heavy atom. The Balaban J connectivity index is 1.91.